The van der Waals surface area contributed by atoms with Gasteiger partial charge in [0.2, 0.25) is 5.91 Å². The molecular weight excluding hydrogens is 428 g/mol. The molecule has 0 bridgehead atoms. The molecule has 0 radical (unpaired) electrons. The van der Waals surface area contributed by atoms with Crippen molar-refractivity contribution in [3.63, 3.8) is 0 Å². The summed E-state index contributed by atoms with van der Waals surface area (Å²) >= 11 is 12.3. The SMILES string of the molecule is C[C@H](C(=O)N[C@H]1C=CS(=O)(=O)C1)N1C(=O)/C(=C/c2cccc(Cl)c2)SC1=S. The number of thioether (sulfide) groups is 1. The van der Waals surface area contributed by atoms with Crippen molar-refractivity contribution in [2.45, 2.75) is 19.0 Å². The molecule has 142 valence electrons. The number of carbonyl (C=O) groups excluding carboxylic acids is 2. The number of rotatable bonds is 4. The molecule has 10 heteroatoms. The van der Waals surface area contributed by atoms with Gasteiger partial charge in [-0.1, -0.05) is 47.7 Å². The normalized spacial score (nSPS) is 23.9. The molecule has 0 saturated carbocycles. The standard InChI is InChI=1S/C17H15ClN2O4S3/c1-10(15(21)19-13-5-6-27(23,24)9-13)20-16(22)14(26-17(20)25)8-11-3-2-4-12(18)7-11/h2-8,10,13H,9H2,1H3,(H,19,21)/b14-8-/t10-,13+/m1/s1. The second-order valence-electron chi connectivity index (χ2n) is 6.06. The first-order valence-electron chi connectivity index (χ1n) is 7.90. The summed E-state index contributed by atoms with van der Waals surface area (Å²) in [5.74, 6) is -1.03. The van der Waals surface area contributed by atoms with Crippen molar-refractivity contribution in [3.8, 4) is 0 Å². The Hall–Kier alpha value is -1.68. The fraction of sp³-hybridized carbons (Fsp3) is 0.235. The third kappa shape index (κ3) is 4.60. The predicted octanol–water partition coefficient (Wildman–Crippen LogP) is 2.36. The number of hydrogen-bond donors (Lipinski definition) is 1. The summed E-state index contributed by atoms with van der Waals surface area (Å²) in [6.07, 6.45) is 3.09. The molecule has 2 aliphatic heterocycles. The minimum absolute atomic E-state index is 0.182. The van der Waals surface area contributed by atoms with E-state index in [4.69, 9.17) is 23.8 Å². The summed E-state index contributed by atoms with van der Waals surface area (Å²) in [6, 6.07) is 5.56. The molecule has 1 aromatic rings. The molecule has 2 aliphatic rings. The number of benzene rings is 1. The van der Waals surface area contributed by atoms with Gasteiger partial charge < -0.3 is 5.32 Å². The highest BCUT2D eigenvalue weighted by Crippen LogP contribution is 2.34. The number of halogens is 1. The van der Waals surface area contributed by atoms with Gasteiger partial charge in [0.25, 0.3) is 5.91 Å². The second kappa shape index (κ2) is 7.75. The number of nitrogens with one attached hydrogen (secondary N) is 1. The summed E-state index contributed by atoms with van der Waals surface area (Å²) in [7, 11) is -3.28. The van der Waals surface area contributed by atoms with Crippen LogP contribution < -0.4 is 5.32 Å². The third-order valence-electron chi connectivity index (χ3n) is 3.99. The number of hydrogen-bond acceptors (Lipinski definition) is 6. The van der Waals surface area contributed by atoms with Crippen LogP contribution in [0.2, 0.25) is 5.02 Å². The Morgan fingerprint density at radius 3 is 2.85 bits per heavy atom. The minimum atomic E-state index is -3.28. The highest BCUT2D eigenvalue weighted by atomic mass is 35.5. The van der Waals surface area contributed by atoms with Crippen molar-refractivity contribution in [2.24, 2.45) is 0 Å². The number of amides is 2. The van der Waals surface area contributed by atoms with Gasteiger partial charge in [-0.15, -0.1) is 0 Å². The summed E-state index contributed by atoms with van der Waals surface area (Å²) in [5.41, 5.74) is 0.751. The van der Waals surface area contributed by atoms with Gasteiger partial charge in [0.1, 0.15) is 10.4 Å². The van der Waals surface area contributed by atoms with E-state index in [1.807, 2.05) is 0 Å². The van der Waals surface area contributed by atoms with Gasteiger partial charge in [0.05, 0.1) is 16.7 Å². The van der Waals surface area contributed by atoms with Crippen LogP contribution in [0.25, 0.3) is 6.08 Å². The van der Waals surface area contributed by atoms with Crippen LogP contribution in [0.15, 0.2) is 40.7 Å². The maximum atomic E-state index is 12.7. The van der Waals surface area contributed by atoms with Gasteiger partial charge in [-0.25, -0.2) is 8.42 Å². The number of nitrogens with zero attached hydrogens (tertiary/aromatic N) is 1. The summed E-state index contributed by atoms with van der Waals surface area (Å²) < 4.78 is 23.2. The van der Waals surface area contributed by atoms with Gasteiger partial charge in [0.15, 0.2) is 9.84 Å². The highest BCUT2D eigenvalue weighted by Gasteiger charge is 2.39. The first-order chi connectivity index (χ1) is 12.7. The largest absolute Gasteiger partial charge is 0.347 e. The summed E-state index contributed by atoms with van der Waals surface area (Å²) in [5, 5.41) is 4.25. The molecule has 1 saturated heterocycles. The molecule has 0 spiro atoms. The zero-order chi connectivity index (χ0) is 19.8. The minimum Gasteiger partial charge on any atom is -0.347 e. The summed E-state index contributed by atoms with van der Waals surface area (Å²) in [4.78, 5) is 26.8. The fourth-order valence-electron chi connectivity index (χ4n) is 2.65. The van der Waals surface area contributed by atoms with Crippen molar-refractivity contribution >= 4 is 67.6 Å². The van der Waals surface area contributed by atoms with Crippen LogP contribution in [-0.2, 0) is 19.4 Å². The fourth-order valence-corrected chi connectivity index (χ4v) is 5.50. The lowest BCUT2D eigenvalue weighted by atomic mass is 10.2. The maximum absolute atomic E-state index is 12.7. The quantitative estimate of drug-likeness (QED) is 0.569. The summed E-state index contributed by atoms with van der Waals surface area (Å²) in [6.45, 7) is 1.55. The molecule has 2 amide bonds. The topological polar surface area (TPSA) is 83.6 Å². The Bertz CT molecular complexity index is 988. The third-order valence-corrected chi connectivity index (χ3v) is 6.96. The van der Waals surface area contributed by atoms with E-state index in [2.05, 4.69) is 5.32 Å². The van der Waals surface area contributed by atoms with E-state index in [9.17, 15) is 18.0 Å². The maximum Gasteiger partial charge on any atom is 0.266 e. The van der Waals surface area contributed by atoms with Crippen LogP contribution in [0.4, 0.5) is 0 Å². The molecule has 0 unspecified atom stereocenters. The Labute approximate surface area is 171 Å². The average Bonchev–Trinajstić information content (AvgIpc) is 3.05. The van der Waals surface area contributed by atoms with Crippen LogP contribution >= 0.6 is 35.6 Å². The smallest absolute Gasteiger partial charge is 0.266 e. The Morgan fingerprint density at radius 1 is 1.48 bits per heavy atom. The molecule has 1 aromatic carbocycles. The zero-order valence-corrected chi connectivity index (χ0v) is 17.3. The van der Waals surface area contributed by atoms with E-state index in [0.717, 1.165) is 22.7 Å². The molecular formula is C17H15ClN2O4S3. The van der Waals surface area contributed by atoms with Crippen LogP contribution in [0, 0.1) is 0 Å². The molecule has 1 N–H and O–H groups in total. The Morgan fingerprint density at radius 2 is 2.22 bits per heavy atom. The molecule has 3 rings (SSSR count). The Balaban J connectivity index is 1.72. The van der Waals surface area contributed by atoms with Crippen LogP contribution in [0.3, 0.4) is 0 Å². The molecule has 27 heavy (non-hydrogen) atoms. The lowest BCUT2D eigenvalue weighted by molar-refractivity contribution is -0.132. The predicted molar refractivity (Wildman–Crippen MR) is 111 cm³/mol. The first kappa shape index (κ1) is 20.1. The first-order valence-corrected chi connectivity index (χ1v) is 11.2. The van der Waals surface area contributed by atoms with Crippen molar-refractivity contribution in [2.75, 3.05) is 5.75 Å². The molecule has 6 nitrogen and oxygen atoms in total. The molecule has 0 aromatic heterocycles. The number of sulfone groups is 1. The van der Waals surface area contributed by atoms with E-state index in [1.54, 1.807) is 37.3 Å². The second-order valence-corrected chi connectivity index (χ2v) is 10.1. The van der Waals surface area contributed by atoms with E-state index in [0.29, 0.717) is 9.93 Å². The lowest BCUT2D eigenvalue weighted by Crippen LogP contribution is -2.49. The van der Waals surface area contributed by atoms with Gasteiger partial charge in [-0.05, 0) is 36.8 Å². The van der Waals surface area contributed by atoms with Crippen molar-refractivity contribution in [3.05, 3.63) is 51.2 Å². The number of carbonyl (C=O) groups is 2. The lowest BCUT2D eigenvalue weighted by Gasteiger charge is -2.23. The Kier molecular flexibility index (Phi) is 5.76. The van der Waals surface area contributed by atoms with Crippen LogP contribution in [0.5, 0.6) is 0 Å². The van der Waals surface area contributed by atoms with E-state index in [-0.39, 0.29) is 16.0 Å². The zero-order valence-electron chi connectivity index (χ0n) is 14.1. The number of thiocarbonyl (C=S) groups is 1. The monoisotopic (exact) mass is 442 g/mol. The molecule has 0 aliphatic carbocycles. The van der Waals surface area contributed by atoms with Crippen molar-refractivity contribution in [1.29, 1.82) is 0 Å². The molecule has 2 heterocycles. The van der Waals surface area contributed by atoms with E-state index >= 15 is 0 Å². The van der Waals surface area contributed by atoms with Crippen LogP contribution in [0.1, 0.15) is 12.5 Å². The average molecular weight is 443 g/mol. The van der Waals surface area contributed by atoms with E-state index < -0.39 is 27.8 Å². The molecule has 2 atom stereocenters. The van der Waals surface area contributed by atoms with Gasteiger partial charge in [0, 0.05) is 10.4 Å². The molecule has 1 fully saturated rings. The van der Waals surface area contributed by atoms with Gasteiger partial charge >= 0.3 is 0 Å². The highest BCUT2D eigenvalue weighted by molar-refractivity contribution is 8.26. The van der Waals surface area contributed by atoms with E-state index in [1.165, 1.54) is 11.0 Å². The van der Waals surface area contributed by atoms with Gasteiger partial charge in [-0.2, -0.15) is 0 Å². The van der Waals surface area contributed by atoms with Gasteiger partial charge in [-0.3, -0.25) is 14.5 Å². The van der Waals surface area contributed by atoms with Crippen molar-refractivity contribution in [1.82, 2.24) is 10.2 Å². The van der Waals surface area contributed by atoms with Crippen LogP contribution in [-0.4, -0.2) is 47.3 Å². The van der Waals surface area contributed by atoms with Crippen molar-refractivity contribution < 1.29 is 18.0 Å².